The van der Waals surface area contributed by atoms with E-state index in [0.29, 0.717) is 5.56 Å². The number of carbonyl (C=O) groups is 3. The second kappa shape index (κ2) is 8.16. The van der Waals surface area contributed by atoms with E-state index in [-0.39, 0.29) is 12.4 Å². The van der Waals surface area contributed by atoms with Crippen molar-refractivity contribution in [2.24, 2.45) is 0 Å². The molecule has 11 heteroatoms. The van der Waals surface area contributed by atoms with Gasteiger partial charge in [0.15, 0.2) is 18.4 Å². The monoisotopic (exact) mass is 383 g/mol. The van der Waals surface area contributed by atoms with Gasteiger partial charge in [0.1, 0.15) is 18.5 Å². The summed E-state index contributed by atoms with van der Waals surface area (Å²) in [4.78, 5) is 50.1. The van der Waals surface area contributed by atoms with Crippen molar-refractivity contribution in [1.29, 1.82) is 0 Å². The molecule has 0 aliphatic carbocycles. The molecule has 0 spiro atoms. The maximum atomic E-state index is 12.3. The van der Waals surface area contributed by atoms with Crippen molar-refractivity contribution in [1.82, 2.24) is 9.55 Å². The topological polar surface area (TPSA) is 149 Å². The summed E-state index contributed by atoms with van der Waals surface area (Å²) in [6.45, 7) is 4.90. The fraction of sp³-hybridized carbons (Fsp3) is 0.562. The number of aromatic nitrogens is 2. The minimum atomic E-state index is -1.16. The molecule has 1 aliphatic rings. The van der Waals surface area contributed by atoms with Crippen molar-refractivity contribution in [3.63, 3.8) is 0 Å². The number of carbonyl (C=O) groups excluding carboxylic acids is 3. The minimum absolute atomic E-state index is 0.0475. The highest BCUT2D eigenvalue weighted by Gasteiger charge is 2.51. The van der Waals surface area contributed by atoms with E-state index in [0.717, 1.165) is 11.5 Å². The Kier molecular flexibility index (Phi) is 6.16. The number of nitrogens with zero attached hydrogens (tertiary/aromatic N) is 2. The van der Waals surface area contributed by atoms with E-state index in [9.17, 15) is 19.2 Å². The first kappa shape index (κ1) is 20.4. The van der Waals surface area contributed by atoms with E-state index in [2.05, 4.69) is 4.98 Å². The van der Waals surface area contributed by atoms with Gasteiger partial charge in [-0.25, -0.2) is 4.79 Å². The zero-order valence-corrected chi connectivity index (χ0v) is 15.3. The van der Waals surface area contributed by atoms with Crippen molar-refractivity contribution in [3.05, 3.63) is 22.2 Å². The third kappa shape index (κ3) is 4.82. The molecular formula is C16H21N3O8. The van der Waals surface area contributed by atoms with E-state index in [1.54, 1.807) is 6.92 Å². The maximum Gasteiger partial charge on any atom is 0.351 e. The average molecular weight is 383 g/mol. The fourth-order valence-corrected chi connectivity index (χ4v) is 2.68. The summed E-state index contributed by atoms with van der Waals surface area (Å²) in [5, 5.41) is 0. The van der Waals surface area contributed by atoms with Gasteiger partial charge in [-0.05, 0) is 6.92 Å². The summed E-state index contributed by atoms with van der Waals surface area (Å²) in [7, 11) is 0. The number of nitrogens with two attached hydrogens (primary N) is 1. The SMILES string of the molecule is CC(=O)OC[C@H]1O[C@@H](n2cc(C)c(N)nc2=O)[C@@H](OC(C)=O)[C@@H]1OC(C)=O. The average Bonchev–Trinajstić information content (AvgIpc) is 2.85. The zero-order chi connectivity index (χ0) is 20.3. The van der Waals surface area contributed by atoms with Gasteiger partial charge in [-0.1, -0.05) is 0 Å². The molecule has 148 valence electrons. The highest BCUT2D eigenvalue weighted by Crippen LogP contribution is 2.33. The van der Waals surface area contributed by atoms with Gasteiger partial charge < -0.3 is 24.7 Å². The first-order valence-electron chi connectivity index (χ1n) is 8.08. The molecule has 1 saturated heterocycles. The van der Waals surface area contributed by atoms with Crippen LogP contribution in [0.25, 0.3) is 0 Å². The fourth-order valence-electron chi connectivity index (χ4n) is 2.68. The molecule has 2 rings (SSSR count). The summed E-state index contributed by atoms with van der Waals surface area (Å²) in [5.74, 6) is -1.86. The van der Waals surface area contributed by atoms with Gasteiger partial charge in [0.05, 0.1) is 0 Å². The molecule has 2 heterocycles. The van der Waals surface area contributed by atoms with Crippen molar-refractivity contribution in [2.75, 3.05) is 12.3 Å². The van der Waals surface area contributed by atoms with Crippen LogP contribution in [0.4, 0.5) is 5.82 Å². The molecule has 0 unspecified atom stereocenters. The lowest BCUT2D eigenvalue weighted by atomic mass is 10.1. The molecule has 0 aromatic carbocycles. The smallest absolute Gasteiger partial charge is 0.351 e. The van der Waals surface area contributed by atoms with Crippen LogP contribution in [0.15, 0.2) is 11.0 Å². The number of hydrogen-bond donors (Lipinski definition) is 1. The number of ether oxygens (including phenoxy) is 4. The number of aryl methyl sites for hydroxylation is 1. The van der Waals surface area contributed by atoms with Crippen LogP contribution in [0, 0.1) is 6.92 Å². The Morgan fingerprint density at radius 1 is 1.15 bits per heavy atom. The number of esters is 3. The van der Waals surface area contributed by atoms with Gasteiger partial charge >= 0.3 is 23.6 Å². The van der Waals surface area contributed by atoms with Gasteiger partial charge in [-0.2, -0.15) is 4.98 Å². The minimum Gasteiger partial charge on any atom is -0.463 e. The summed E-state index contributed by atoms with van der Waals surface area (Å²) in [6, 6.07) is 0. The molecule has 0 radical (unpaired) electrons. The molecule has 0 bridgehead atoms. The van der Waals surface area contributed by atoms with Crippen molar-refractivity contribution >= 4 is 23.7 Å². The molecule has 0 saturated carbocycles. The largest absolute Gasteiger partial charge is 0.463 e. The molecule has 11 nitrogen and oxygen atoms in total. The molecule has 1 fully saturated rings. The second-order valence-corrected chi connectivity index (χ2v) is 6.01. The van der Waals surface area contributed by atoms with Crippen LogP contribution >= 0.6 is 0 Å². The summed E-state index contributed by atoms with van der Waals surface area (Å²) < 4.78 is 22.2. The molecule has 1 aliphatic heterocycles. The highest BCUT2D eigenvalue weighted by molar-refractivity contribution is 5.68. The van der Waals surface area contributed by atoms with Crippen molar-refractivity contribution in [2.45, 2.75) is 52.2 Å². The van der Waals surface area contributed by atoms with Gasteiger partial charge in [0.2, 0.25) is 0 Å². The number of anilines is 1. The Morgan fingerprint density at radius 2 is 1.74 bits per heavy atom. The Hall–Kier alpha value is -2.95. The van der Waals surface area contributed by atoms with Crippen LogP contribution in [0.5, 0.6) is 0 Å². The van der Waals surface area contributed by atoms with Gasteiger partial charge in [0, 0.05) is 32.5 Å². The second-order valence-electron chi connectivity index (χ2n) is 6.01. The summed E-state index contributed by atoms with van der Waals surface area (Å²) >= 11 is 0. The van der Waals surface area contributed by atoms with Crippen molar-refractivity contribution in [3.8, 4) is 0 Å². The maximum absolute atomic E-state index is 12.3. The number of hydrogen-bond acceptors (Lipinski definition) is 10. The van der Waals surface area contributed by atoms with E-state index in [4.69, 9.17) is 24.7 Å². The Balaban J connectivity index is 2.45. The highest BCUT2D eigenvalue weighted by atomic mass is 16.7. The lowest BCUT2D eigenvalue weighted by molar-refractivity contribution is -0.166. The van der Waals surface area contributed by atoms with Crippen LogP contribution in [-0.4, -0.2) is 52.4 Å². The lowest BCUT2D eigenvalue weighted by Gasteiger charge is -2.24. The molecular weight excluding hydrogens is 362 g/mol. The standard InChI is InChI=1S/C16H21N3O8/c1-7-5-19(16(23)18-14(7)17)15-13(26-10(4)22)12(25-9(3)21)11(27-15)6-24-8(2)20/h5,11-13,15H,6H2,1-4H3,(H2,17,18,23)/t11-,12-,13+,15-/m1/s1. The van der Waals surface area contributed by atoms with Crippen LogP contribution in [-0.2, 0) is 33.3 Å². The quantitative estimate of drug-likeness (QED) is 0.519. The summed E-state index contributed by atoms with van der Waals surface area (Å²) in [5.41, 5.74) is 5.38. The summed E-state index contributed by atoms with van der Waals surface area (Å²) in [6.07, 6.45) is -2.98. The molecule has 27 heavy (non-hydrogen) atoms. The molecule has 4 atom stereocenters. The third-order valence-electron chi connectivity index (χ3n) is 3.79. The normalized spacial score (nSPS) is 24.3. The lowest BCUT2D eigenvalue weighted by Crippen LogP contribution is -2.42. The molecule has 2 N–H and O–H groups in total. The predicted octanol–water partition coefficient (Wildman–Crippen LogP) is -0.542. The van der Waals surface area contributed by atoms with Crippen LogP contribution in [0.2, 0.25) is 0 Å². The number of nitrogen functional groups attached to an aromatic ring is 1. The Morgan fingerprint density at radius 3 is 2.30 bits per heavy atom. The van der Waals surface area contributed by atoms with Crippen molar-refractivity contribution < 1.29 is 33.3 Å². The molecule has 0 amide bonds. The van der Waals surface area contributed by atoms with Gasteiger partial charge in [0.25, 0.3) is 0 Å². The van der Waals surface area contributed by atoms with E-state index in [1.165, 1.54) is 20.0 Å². The molecule has 1 aromatic rings. The van der Waals surface area contributed by atoms with Gasteiger partial charge in [-0.15, -0.1) is 0 Å². The van der Waals surface area contributed by atoms with Crippen LogP contribution in [0.3, 0.4) is 0 Å². The predicted molar refractivity (Wildman–Crippen MR) is 89.3 cm³/mol. The van der Waals surface area contributed by atoms with E-state index < -0.39 is 48.1 Å². The Labute approximate surface area is 154 Å². The zero-order valence-electron chi connectivity index (χ0n) is 15.3. The third-order valence-corrected chi connectivity index (χ3v) is 3.79. The first-order chi connectivity index (χ1) is 12.6. The van der Waals surface area contributed by atoms with Crippen LogP contribution in [0.1, 0.15) is 32.6 Å². The van der Waals surface area contributed by atoms with E-state index in [1.807, 2.05) is 0 Å². The van der Waals surface area contributed by atoms with Gasteiger partial charge in [-0.3, -0.25) is 19.0 Å². The number of rotatable bonds is 5. The van der Waals surface area contributed by atoms with Crippen LogP contribution < -0.4 is 11.4 Å². The molecule has 1 aromatic heterocycles. The Bertz CT molecular complexity index is 805. The first-order valence-corrected chi connectivity index (χ1v) is 8.08. The van der Waals surface area contributed by atoms with E-state index >= 15 is 0 Å².